The van der Waals surface area contributed by atoms with E-state index < -0.39 is 10.3 Å². The smallest absolute Gasteiger partial charge is 0.371 e. The molecule has 0 heterocycles. The molecule has 1 aromatic carbocycles. The number of nitrogens with two attached hydrogens (primary N) is 1. The molecule has 1 aromatic rings. The van der Waals surface area contributed by atoms with Crippen molar-refractivity contribution in [2.24, 2.45) is 5.14 Å². The minimum atomic E-state index is -4.01. The molecule has 82 valence electrons. The highest BCUT2D eigenvalue weighted by Gasteiger charge is 2.06. The van der Waals surface area contributed by atoms with E-state index >= 15 is 0 Å². The summed E-state index contributed by atoms with van der Waals surface area (Å²) in [5, 5.41) is 4.70. The van der Waals surface area contributed by atoms with E-state index in [1.165, 1.54) is 19.1 Å². The predicted molar refractivity (Wildman–Crippen MR) is 54.6 cm³/mol. The summed E-state index contributed by atoms with van der Waals surface area (Å²) in [6.45, 7) is 1.45. The van der Waals surface area contributed by atoms with Crippen LogP contribution in [-0.2, 0) is 21.5 Å². The van der Waals surface area contributed by atoms with Gasteiger partial charge < -0.3 is 4.18 Å². The Morgan fingerprint density at radius 1 is 1.47 bits per heavy atom. The molecule has 1 rings (SSSR count). The normalized spacial score (nSPS) is 11.1. The van der Waals surface area contributed by atoms with E-state index in [2.05, 4.69) is 4.18 Å². The van der Waals surface area contributed by atoms with Gasteiger partial charge in [0.05, 0.1) is 0 Å². The third-order valence-electron chi connectivity index (χ3n) is 1.56. The van der Waals surface area contributed by atoms with Crippen molar-refractivity contribution in [1.29, 1.82) is 0 Å². The average Bonchev–Trinajstić information content (AvgIpc) is 1.99. The van der Waals surface area contributed by atoms with Crippen molar-refractivity contribution < 1.29 is 17.4 Å². The summed E-state index contributed by atoms with van der Waals surface area (Å²) in [7, 11) is -4.01. The van der Waals surface area contributed by atoms with Gasteiger partial charge >= 0.3 is 10.3 Å². The molecule has 0 unspecified atom stereocenters. The van der Waals surface area contributed by atoms with Crippen molar-refractivity contribution in [2.75, 3.05) is 0 Å². The SMILES string of the molecule is CC(=O)Cc1cccc(OS(N)(=O)=O)c1. The summed E-state index contributed by atoms with van der Waals surface area (Å²) in [6.07, 6.45) is 0.238. The average molecular weight is 229 g/mol. The molecule has 0 aliphatic rings. The lowest BCUT2D eigenvalue weighted by molar-refractivity contribution is -0.116. The number of Topliss-reactive ketones (excluding diaryl/α,β-unsaturated/α-hetero) is 1. The molecule has 0 spiro atoms. The lowest BCUT2D eigenvalue weighted by atomic mass is 10.1. The largest absolute Gasteiger partial charge is 0.380 e. The molecular weight excluding hydrogens is 218 g/mol. The monoisotopic (exact) mass is 229 g/mol. The second kappa shape index (κ2) is 4.41. The molecule has 0 aliphatic carbocycles. The Morgan fingerprint density at radius 3 is 2.67 bits per heavy atom. The van der Waals surface area contributed by atoms with Gasteiger partial charge in [0.25, 0.3) is 0 Å². The highest BCUT2D eigenvalue weighted by atomic mass is 32.2. The van der Waals surface area contributed by atoms with Gasteiger partial charge in [0.1, 0.15) is 11.5 Å². The molecule has 0 atom stereocenters. The first-order valence-corrected chi connectivity index (χ1v) is 5.64. The zero-order valence-corrected chi connectivity index (χ0v) is 8.95. The zero-order chi connectivity index (χ0) is 11.5. The summed E-state index contributed by atoms with van der Waals surface area (Å²) in [4.78, 5) is 10.8. The first kappa shape index (κ1) is 11.7. The first-order valence-electron chi connectivity index (χ1n) is 4.17. The molecule has 6 heteroatoms. The molecule has 0 bridgehead atoms. The maximum atomic E-state index is 10.8. The van der Waals surface area contributed by atoms with Gasteiger partial charge in [0.2, 0.25) is 0 Å². The Bertz CT molecular complexity index is 467. The van der Waals surface area contributed by atoms with Gasteiger partial charge in [0, 0.05) is 6.42 Å². The minimum Gasteiger partial charge on any atom is -0.371 e. The highest BCUT2D eigenvalue weighted by Crippen LogP contribution is 2.14. The Hall–Kier alpha value is -1.40. The molecule has 15 heavy (non-hydrogen) atoms. The van der Waals surface area contributed by atoms with Crippen LogP contribution in [0.5, 0.6) is 5.75 Å². The number of carbonyl (C=O) groups is 1. The topological polar surface area (TPSA) is 86.5 Å². The van der Waals surface area contributed by atoms with E-state index in [0.717, 1.165) is 0 Å². The lowest BCUT2D eigenvalue weighted by Gasteiger charge is -2.03. The van der Waals surface area contributed by atoms with Crippen LogP contribution in [0.15, 0.2) is 24.3 Å². The van der Waals surface area contributed by atoms with Crippen LogP contribution >= 0.6 is 0 Å². The van der Waals surface area contributed by atoms with E-state index in [9.17, 15) is 13.2 Å². The molecule has 0 aromatic heterocycles. The van der Waals surface area contributed by atoms with Crippen molar-refractivity contribution in [3.63, 3.8) is 0 Å². The van der Waals surface area contributed by atoms with E-state index in [1.54, 1.807) is 12.1 Å². The molecule has 0 radical (unpaired) electrons. The van der Waals surface area contributed by atoms with E-state index in [0.29, 0.717) is 5.56 Å². The first-order chi connectivity index (χ1) is 6.87. The second-order valence-electron chi connectivity index (χ2n) is 3.10. The summed E-state index contributed by atoms with van der Waals surface area (Å²) >= 11 is 0. The van der Waals surface area contributed by atoms with Crippen LogP contribution < -0.4 is 9.32 Å². The van der Waals surface area contributed by atoms with Gasteiger partial charge in [-0.15, -0.1) is 0 Å². The van der Waals surface area contributed by atoms with Crippen LogP contribution in [0.3, 0.4) is 0 Å². The molecule has 2 N–H and O–H groups in total. The minimum absolute atomic E-state index is 0.0113. The quantitative estimate of drug-likeness (QED) is 0.809. The summed E-state index contributed by atoms with van der Waals surface area (Å²) in [5.74, 6) is 0.0963. The van der Waals surface area contributed by atoms with Gasteiger partial charge in [-0.2, -0.15) is 13.6 Å². The molecular formula is C9H11NO4S. The fourth-order valence-corrected chi connectivity index (χ4v) is 1.50. The van der Waals surface area contributed by atoms with Crippen LogP contribution in [0.4, 0.5) is 0 Å². The van der Waals surface area contributed by atoms with Gasteiger partial charge in [0.15, 0.2) is 0 Å². The van der Waals surface area contributed by atoms with Gasteiger partial charge in [-0.1, -0.05) is 12.1 Å². The second-order valence-corrected chi connectivity index (χ2v) is 4.25. The Morgan fingerprint density at radius 2 is 2.13 bits per heavy atom. The number of rotatable bonds is 4. The van der Waals surface area contributed by atoms with Crippen LogP contribution in [0.25, 0.3) is 0 Å². The van der Waals surface area contributed by atoms with Gasteiger partial charge in [-0.3, -0.25) is 4.79 Å². The van der Waals surface area contributed by atoms with E-state index in [-0.39, 0.29) is 18.0 Å². The Kier molecular flexibility index (Phi) is 3.43. The fourth-order valence-electron chi connectivity index (χ4n) is 1.13. The predicted octanol–water partition coefficient (Wildman–Crippen LogP) is 0.400. The van der Waals surface area contributed by atoms with Crippen molar-refractivity contribution in [3.05, 3.63) is 29.8 Å². The highest BCUT2D eigenvalue weighted by molar-refractivity contribution is 7.84. The Balaban J connectivity index is 2.88. The van der Waals surface area contributed by atoms with Crippen LogP contribution in [0.2, 0.25) is 0 Å². The third-order valence-corrected chi connectivity index (χ3v) is 1.99. The summed E-state index contributed by atoms with van der Waals surface area (Å²) in [5.41, 5.74) is 0.684. The van der Waals surface area contributed by atoms with E-state index in [1.807, 2.05) is 0 Å². The van der Waals surface area contributed by atoms with Crippen molar-refractivity contribution in [1.82, 2.24) is 0 Å². The molecule has 0 aliphatic heterocycles. The molecule has 0 amide bonds. The molecule has 0 fully saturated rings. The van der Waals surface area contributed by atoms with Crippen LogP contribution in [-0.4, -0.2) is 14.2 Å². The van der Waals surface area contributed by atoms with Gasteiger partial charge in [-0.25, -0.2) is 0 Å². The molecule has 5 nitrogen and oxygen atoms in total. The number of carbonyl (C=O) groups excluding carboxylic acids is 1. The number of ketones is 1. The number of hydrogen-bond acceptors (Lipinski definition) is 4. The van der Waals surface area contributed by atoms with Crippen LogP contribution in [0, 0.1) is 0 Å². The maximum Gasteiger partial charge on any atom is 0.380 e. The van der Waals surface area contributed by atoms with Crippen molar-refractivity contribution in [3.8, 4) is 5.75 Å². The summed E-state index contributed by atoms with van der Waals surface area (Å²) in [6, 6.07) is 6.22. The maximum absolute atomic E-state index is 10.8. The van der Waals surface area contributed by atoms with E-state index in [4.69, 9.17) is 5.14 Å². The number of hydrogen-bond donors (Lipinski definition) is 1. The molecule has 0 saturated heterocycles. The molecule has 0 saturated carbocycles. The van der Waals surface area contributed by atoms with Gasteiger partial charge in [-0.05, 0) is 24.6 Å². The lowest BCUT2D eigenvalue weighted by Crippen LogP contribution is -2.19. The Labute approximate surface area is 88.1 Å². The zero-order valence-electron chi connectivity index (χ0n) is 8.14. The fraction of sp³-hybridized carbons (Fsp3) is 0.222. The standard InChI is InChI=1S/C9H11NO4S/c1-7(11)5-8-3-2-4-9(6-8)14-15(10,12)13/h2-4,6H,5H2,1H3,(H2,10,12,13). The summed E-state index contributed by atoms with van der Waals surface area (Å²) < 4.78 is 25.7. The van der Waals surface area contributed by atoms with Crippen molar-refractivity contribution in [2.45, 2.75) is 13.3 Å². The number of benzene rings is 1. The van der Waals surface area contributed by atoms with Crippen LogP contribution in [0.1, 0.15) is 12.5 Å². The van der Waals surface area contributed by atoms with Crippen molar-refractivity contribution >= 4 is 16.1 Å². The third kappa shape index (κ3) is 4.57.